The smallest absolute Gasteiger partial charge is 0.0383 e. The van der Waals surface area contributed by atoms with Gasteiger partial charge in [-0.1, -0.05) is 39.0 Å². The summed E-state index contributed by atoms with van der Waals surface area (Å²) in [5, 5.41) is 0. The van der Waals surface area contributed by atoms with Gasteiger partial charge in [-0.2, -0.15) is 0 Å². The fourth-order valence-electron chi connectivity index (χ4n) is 3.00. The maximum Gasteiger partial charge on any atom is -0.0383 e. The van der Waals surface area contributed by atoms with Gasteiger partial charge in [0.2, 0.25) is 0 Å². The Bertz CT molecular complexity index is 133. The first-order chi connectivity index (χ1) is 5.90. The summed E-state index contributed by atoms with van der Waals surface area (Å²) in [5.74, 6) is 3.43. The molecule has 2 unspecified atom stereocenters. The first-order valence-electron chi connectivity index (χ1n) is 5.90. The molecule has 0 aromatic heterocycles. The van der Waals surface area contributed by atoms with Crippen LogP contribution in [-0.4, -0.2) is 0 Å². The lowest BCUT2D eigenvalue weighted by atomic mass is 9.77. The average Bonchev–Trinajstić information content (AvgIpc) is 2.88. The quantitative estimate of drug-likeness (QED) is 0.594. The van der Waals surface area contributed by atoms with Crippen molar-refractivity contribution < 1.29 is 0 Å². The van der Waals surface area contributed by atoms with Crippen molar-refractivity contribution in [3.63, 3.8) is 0 Å². The minimum absolute atomic E-state index is 1.11. The summed E-state index contributed by atoms with van der Waals surface area (Å²) in [6.45, 7) is 2.33. The molecule has 2 fully saturated rings. The summed E-state index contributed by atoms with van der Waals surface area (Å²) >= 11 is 0. The molecule has 0 amide bonds. The molecule has 0 heterocycles. The van der Waals surface area contributed by atoms with Crippen molar-refractivity contribution in [2.45, 2.75) is 58.3 Å². The van der Waals surface area contributed by atoms with Crippen molar-refractivity contribution in [3.8, 4) is 0 Å². The van der Waals surface area contributed by atoms with Crippen molar-refractivity contribution in [3.05, 3.63) is 0 Å². The lowest BCUT2D eigenvalue weighted by Gasteiger charge is -2.28. The van der Waals surface area contributed by atoms with Crippen molar-refractivity contribution in [1.29, 1.82) is 0 Å². The van der Waals surface area contributed by atoms with Crippen LogP contribution in [0.1, 0.15) is 58.3 Å². The van der Waals surface area contributed by atoms with E-state index in [-0.39, 0.29) is 0 Å². The van der Waals surface area contributed by atoms with E-state index in [1.807, 2.05) is 0 Å². The minimum atomic E-state index is 1.11. The molecule has 2 saturated carbocycles. The Labute approximate surface area is 76.7 Å². The Morgan fingerprint density at radius 1 is 1.00 bits per heavy atom. The van der Waals surface area contributed by atoms with Crippen molar-refractivity contribution in [1.82, 2.24) is 0 Å². The Morgan fingerprint density at radius 2 is 1.83 bits per heavy atom. The molecule has 70 valence electrons. The van der Waals surface area contributed by atoms with E-state index in [1.54, 1.807) is 25.7 Å². The van der Waals surface area contributed by atoms with Crippen LogP contribution in [0, 0.1) is 17.8 Å². The summed E-state index contributed by atoms with van der Waals surface area (Å²) < 4.78 is 0. The highest BCUT2D eigenvalue weighted by molar-refractivity contribution is 4.85. The van der Waals surface area contributed by atoms with E-state index >= 15 is 0 Å². The monoisotopic (exact) mass is 166 g/mol. The Balaban J connectivity index is 1.77. The number of hydrogen-bond donors (Lipinski definition) is 0. The largest absolute Gasteiger partial charge is 0.0654 e. The van der Waals surface area contributed by atoms with Crippen LogP contribution >= 0.6 is 0 Å². The molecule has 0 radical (unpaired) electrons. The molecule has 12 heavy (non-hydrogen) atoms. The highest BCUT2D eigenvalue weighted by Crippen LogP contribution is 2.46. The molecule has 2 atom stereocenters. The molecular formula is C12H22. The van der Waals surface area contributed by atoms with Crippen LogP contribution in [-0.2, 0) is 0 Å². The molecule has 0 heteroatoms. The SMILES string of the molecule is CCCC1CCCC(C2CC2)C1. The molecule has 0 N–H and O–H groups in total. The second-order valence-electron chi connectivity index (χ2n) is 4.92. The van der Waals surface area contributed by atoms with Crippen molar-refractivity contribution in [2.75, 3.05) is 0 Å². The average molecular weight is 166 g/mol. The first-order valence-corrected chi connectivity index (χ1v) is 5.90. The van der Waals surface area contributed by atoms with Crippen LogP contribution in [0.2, 0.25) is 0 Å². The van der Waals surface area contributed by atoms with Gasteiger partial charge < -0.3 is 0 Å². The highest BCUT2D eigenvalue weighted by Gasteiger charge is 2.34. The predicted molar refractivity (Wildman–Crippen MR) is 53.1 cm³/mol. The van der Waals surface area contributed by atoms with Gasteiger partial charge in [-0.25, -0.2) is 0 Å². The van der Waals surface area contributed by atoms with Gasteiger partial charge in [0, 0.05) is 0 Å². The molecule has 2 rings (SSSR count). The summed E-state index contributed by atoms with van der Waals surface area (Å²) in [6, 6.07) is 0. The van der Waals surface area contributed by atoms with Gasteiger partial charge in [0.05, 0.1) is 0 Å². The molecule has 0 aromatic rings. The Kier molecular flexibility index (Phi) is 2.73. The zero-order chi connectivity index (χ0) is 8.39. The molecule has 0 saturated heterocycles. The van der Waals surface area contributed by atoms with Gasteiger partial charge in [0.25, 0.3) is 0 Å². The van der Waals surface area contributed by atoms with Gasteiger partial charge in [-0.3, -0.25) is 0 Å². The molecule has 2 aliphatic carbocycles. The van der Waals surface area contributed by atoms with Crippen molar-refractivity contribution >= 4 is 0 Å². The van der Waals surface area contributed by atoms with E-state index in [2.05, 4.69) is 6.92 Å². The summed E-state index contributed by atoms with van der Waals surface area (Å²) in [5.41, 5.74) is 0. The van der Waals surface area contributed by atoms with Crippen LogP contribution in [0.5, 0.6) is 0 Å². The molecule has 0 bridgehead atoms. The van der Waals surface area contributed by atoms with Gasteiger partial charge in [-0.15, -0.1) is 0 Å². The van der Waals surface area contributed by atoms with Crippen LogP contribution in [0.4, 0.5) is 0 Å². The van der Waals surface area contributed by atoms with Gasteiger partial charge >= 0.3 is 0 Å². The lowest BCUT2D eigenvalue weighted by molar-refractivity contribution is 0.232. The lowest BCUT2D eigenvalue weighted by Crippen LogP contribution is -2.16. The van der Waals surface area contributed by atoms with Crippen LogP contribution in [0.3, 0.4) is 0 Å². The third-order valence-electron chi connectivity index (χ3n) is 3.81. The maximum absolute atomic E-state index is 2.33. The van der Waals surface area contributed by atoms with E-state index in [1.165, 1.54) is 31.6 Å². The highest BCUT2D eigenvalue weighted by atomic mass is 14.4. The number of rotatable bonds is 3. The Hall–Kier alpha value is 0. The van der Waals surface area contributed by atoms with Crippen molar-refractivity contribution in [2.24, 2.45) is 17.8 Å². The standard InChI is InChI=1S/C12H22/c1-2-4-10-5-3-6-12(9-10)11-7-8-11/h10-12H,2-9H2,1H3. The van der Waals surface area contributed by atoms with E-state index in [4.69, 9.17) is 0 Å². The number of hydrogen-bond acceptors (Lipinski definition) is 0. The summed E-state index contributed by atoms with van der Waals surface area (Å²) in [4.78, 5) is 0. The predicted octanol–water partition coefficient (Wildman–Crippen LogP) is 4.00. The summed E-state index contributed by atoms with van der Waals surface area (Å²) in [6.07, 6.45) is 12.2. The van der Waals surface area contributed by atoms with E-state index in [0.29, 0.717) is 0 Å². The Morgan fingerprint density at radius 3 is 2.50 bits per heavy atom. The third-order valence-corrected chi connectivity index (χ3v) is 3.81. The minimum Gasteiger partial charge on any atom is -0.0654 e. The van der Waals surface area contributed by atoms with E-state index in [0.717, 1.165) is 11.8 Å². The second-order valence-corrected chi connectivity index (χ2v) is 4.92. The summed E-state index contributed by atoms with van der Waals surface area (Å²) in [7, 11) is 0. The van der Waals surface area contributed by atoms with Gasteiger partial charge in [0.15, 0.2) is 0 Å². The zero-order valence-electron chi connectivity index (χ0n) is 8.39. The van der Waals surface area contributed by atoms with Crippen LogP contribution in [0.15, 0.2) is 0 Å². The fraction of sp³-hybridized carbons (Fsp3) is 1.00. The topological polar surface area (TPSA) is 0 Å². The molecule has 0 nitrogen and oxygen atoms in total. The normalized spacial score (nSPS) is 36.8. The fourth-order valence-corrected chi connectivity index (χ4v) is 3.00. The van der Waals surface area contributed by atoms with Crippen LogP contribution in [0.25, 0.3) is 0 Å². The van der Waals surface area contributed by atoms with E-state index in [9.17, 15) is 0 Å². The first kappa shape index (κ1) is 8.59. The van der Waals surface area contributed by atoms with Crippen LogP contribution < -0.4 is 0 Å². The van der Waals surface area contributed by atoms with E-state index < -0.39 is 0 Å². The zero-order valence-corrected chi connectivity index (χ0v) is 8.39. The second kappa shape index (κ2) is 3.81. The molecule has 0 aromatic carbocycles. The molecule has 0 spiro atoms. The molecular weight excluding hydrogens is 144 g/mol. The van der Waals surface area contributed by atoms with Gasteiger partial charge in [0.1, 0.15) is 0 Å². The third kappa shape index (κ3) is 2.02. The molecule has 2 aliphatic rings. The van der Waals surface area contributed by atoms with Gasteiger partial charge in [-0.05, 0) is 37.0 Å². The maximum atomic E-state index is 2.33. The molecule has 0 aliphatic heterocycles.